The second kappa shape index (κ2) is 8.20. The molecule has 178 valence electrons. The van der Waals surface area contributed by atoms with E-state index in [-0.39, 0.29) is 12.1 Å². The van der Waals surface area contributed by atoms with Crippen LogP contribution in [0.2, 0.25) is 0 Å². The number of nitrogens with one attached hydrogen (secondary N) is 2. The fourth-order valence-corrected chi connectivity index (χ4v) is 8.67. The van der Waals surface area contributed by atoms with Gasteiger partial charge >= 0.3 is 6.09 Å². The Bertz CT molecular complexity index is 676. The number of carbonyl (C=O) groups excluding carboxylic acids is 1. The third-order valence-electron chi connectivity index (χ3n) is 10.1. The van der Waals surface area contributed by atoms with Crippen LogP contribution in [0.1, 0.15) is 99.3 Å². The summed E-state index contributed by atoms with van der Waals surface area (Å²) in [5.74, 6) is 3.77. The highest BCUT2D eigenvalue weighted by Crippen LogP contribution is 2.67. The first-order valence-electron chi connectivity index (χ1n) is 12.9. The standard InChI is InChI=1S/C26H46N2O3/c1-16(27-28-23(30)31-24(2,3)4)20-9-10-21-19-8-7-17-15-18(29)11-13-25(17,5)22(19)12-14-26(20,21)6/h16-22,27,29H,7-15H2,1-6H3,(H,28,30)/t16?,17?,18-,19?,20+,21?,22?,25-,26+/m0/s1. The van der Waals surface area contributed by atoms with Gasteiger partial charge in [-0.05, 0) is 126 Å². The van der Waals surface area contributed by atoms with Gasteiger partial charge in [0.1, 0.15) is 5.60 Å². The van der Waals surface area contributed by atoms with Gasteiger partial charge in [0.15, 0.2) is 0 Å². The summed E-state index contributed by atoms with van der Waals surface area (Å²) in [5, 5.41) is 10.3. The molecular weight excluding hydrogens is 388 g/mol. The van der Waals surface area contributed by atoms with E-state index < -0.39 is 11.7 Å². The van der Waals surface area contributed by atoms with Gasteiger partial charge in [-0.25, -0.2) is 10.2 Å². The number of hydrogen-bond acceptors (Lipinski definition) is 4. The van der Waals surface area contributed by atoms with E-state index in [1.807, 2.05) is 20.8 Å². The normalized spacial score (nSPS) is 45.8. The van der Waals surface area contributed by atoms with E-state index in [4.69, 9.17) is 4.74 Å². The molecule has 5 heteroatoms. The summed E-state index contributed by atoms with van der Waals surface area (Å²) in [4.78, 5) is 12.1. The van der Waals surface area contributed by atoms with Gasteiger partial charge in [-0.2, -0.15) is 0 Å². The van der Waals surface area contributed by atoms with Gasteiger partial charge in [0.2, 0.25) is 0 Å². The second-order valence-electron chi connectivity index (χ2n) is 12.9. The number of amides is 1. The molecule has 0 radical (unpaired) electrons. The van der Waals surface area contributed by atoms with E-state index >= 15 is 0 Å². The molecule has 0 aromatic rings. The summed E-state index contributed by atoms with van der Waals surface area (Å²) in [6.45, 7) is 13.0. The van der Waals surface area contributed by atoms with E-state index in [0.29, 0.717) is 16.7 Å². The molecule has 5 nitrogen and oxygen atoms in total. The lowest BCUT2D eigenvalue weighted by atomic mass is 9.44. The topological polar surface area (TPSA) is 70.6 Å². The van der Waals surface area contributed by atoms with Gasteiger partial charge < -0.3 is 9.84 Å². The minimum Gasteiger partial charge on any atom is -0.443 e. The number of aliphatic hydroxyl groups is 1. The van der Waals surface area contributed by atoms with Gasteiger partial charge in [0.05, 0.1) is 6.10 Å². The van der Waals surface area contributed by atoms with Crippen molar-refractivity contribution in [3.8, 4) is 0 Å². The number of fused-ring (bicyclic) bond motifs is 5. The van der Waals surface area contributed by atoms with Crippen molar-refractivity contribution in [2.24, 2.45) is 40.4 Å². The van der Waals surface area contributed by atoms with Crippen molar-refractivity contribution in [1.29, 1.82) is 0 Å². The van der Waals surface area contributed by atoms with Crippen molar-refractivity contribution in [3.63, 3.8) is 0 Å². The van der Waals surface area contributed by atoms with Crippen LogP contribution in [0, 0.1) is 40.4 Å². The van der Waals surface area contributed by atoms with Crippen molar-refractivity contribution in [1.82, 2.24) is 10.9 Å². The summed E-state index contributed by atoms with van der Waals surface area (Å²) in [5.41, 5.74) is 6.38. The molecule has 0 aromatic heterocycles. The van der Waals surface area contributed by atoms with Crippen LogP contribution in [-0.4, -0.2) is 28.9 Å². The van der Waals surface area contributed by atoms with Crippen molar-refractivity contribution < 1.29 is 14.6 Å². The highest BCUT2D eigenvalue weighted by Gasteiger charge is 2.60. The van der Waals surface area contributed by atoms with E-state index in [1.54, 1.807) is 0 Å². The Labute approximate surface area is 189 Å². The molecule has 4 rings (SSSR count). The van der Waals surface area contributed by atoms with E-state index in [0.717, 1.165) is 36.5 Å². The lowest BCUT2D eigenvalue weighted by Crippen LogP contribution is -2.56. The fourth-order valence-electron chi connectivity index (χ4n) is 8.67. The Balaban J connectivity index is 1.42. The molecule has 5 unspecified atom stereocenters. The van der Waals surface area contributed by atoms with E-state index in [2.05, 4.69) is 31.6 Å². The van der Waals surface area contributed by atoms with Crippen LogP contribution in [0.3, 0.4) is 0 Å². The minimum atomic E-state index is -0.484. The number of aliphatic hydroxyl groups excluding tert-OH is 1. The van der Waals surface area contributed by atoms with Crippen LogP contribution >= 0.6 is 0 Å². The zero-order valence-corrected chi connectivity index (χ0v) is 20.7. The molecule has 0 aliphatic heterocycles. The Morgan fingerprint density at radius 3 is 2.39 bits per heavy atom. The number of carbonyl (C=O) groups is 1. The summed E-state index contributed by atoms with van der Waals surface area (Å²) in [6, 6.07) is 0.232. The molecule has 0 spiro atoms. The van der Waals surface area contributed by atoms with Crippen molar-refractivity contribution in [2.45, 2.75) is 117 Å². The van der Waals surface area contributed by atoms with Crippen LogP contribution in [0.5, 0.6) is 0 Å². The van der Waals surface area contributed by atoms with Crippen molar-refractivity contribution in [3.05, 3.63) is 0 Å². The Hall–Kier alpha value is -0.810. The predicted octanol–water partition coefficient (Wildman–Crippen LogP) is 5.42. The Morgan fingerprint density at radius 2 is 1.68 bits per heavy atom. The van der Waals surface area contributed by atoms with E-state index in [1.165, 1.54) is 44.9 Å². The summed E-state index contributed by atoms with van der Waals surface area (Å²) in [7, 11) is 0. The molecule has 3 N–H and O–H groups in total. The van der Waals surface area contributed by atoms with E-state index in [9.17, 15) is 9.90 Å². The Kier molecular flexibility index (Phi) is 6.18. The maximum Gasteiger partial charge on any atom is 0.422 e. The lowest BCUT2D eigenvalue weighted by molar-refractivity contribution is -0.128. The number of hydrazine groups is 1. The molecule has 4 saturated carbocycles. The maximum absolute atomic E-state index is 12.1. The van der Waals surface area contributed by atoms with Gasteiger partial charge in [0, 0.05) is 6.04 Å². The highest BCUT2D eigenvalue weighted by molar-refractivity contribution is 5.67. The second-order valence-corrected chi connectivity index (χ2v) is 12.9. The van der Waals surface area contributed by atoms with Crippen LogP contribution < -0.4 is 10.9 Å². The van der Waals surface area contributed by atoms with Crippen molar-refractivity contribution in [2.75, 3.05) is 0 Å². The third kappa shape index (κ3) is 4.26. The number of rotatable bonds is 3. The minimum absolute atomic E-state index is 0.0660. The van der Waals surface area contributed by atoms with Crippen LogP contribution in [0.15, 0.2) is 0 Å². The number of ether oxygens (including phenoxy) is 1. The Morgan fingerprint density at radius 1 is 1.00 bits per heavy atom. The smallest absolute Gasteiger partial charge is 0.422 e. The van der Waals surface area contributed by atoms with Crippen LogP contribution in [0.25, 0.3) is 0 Å². The highest BCUT2D eigenvalue weighted by atomic mass is 16.6. The van der Waals surface area contributed by atoms with Gasteiger partial charge in [-0.3, -0.25) is 5.43 Å². The molecule has 31 heavy (non-hydrogen) atoms. The van der Waals surface area contributed by atoms with Crippen LogP contribution in [0.4, 0.5) is 4.79 Å². The quantitative estimate of drug-likeness (QED) is 0.518. The zero-order chi connectivity index (χ0) is 22.6. The maximum atomic E-state index is 12.1. The summed E-state index contributed by atoms with van der Waals surface area (Å²) < 4.78 is 5.39. The first-order chi connectivity index (χ1) is 14.4. The largest absolute Gasteiger partial charge is 0.443 e. The average Bonchev–Trinajstić information content (AvgIpc) is 3.02. The first-order valence-corrected chi connectivity index (χ1v) is 12.9. The number of hydrogen-bond donors (Lipinski definition) is 3. The molecular formula is C26H46N2O3. The molecule has 0 bridgehead atoms. The van der Waals surface area contributed by atoms with Crippen LogP contribution in [-0.2, 0) is 4.74 Å². The third-order valence-corrected chi connectivity index (χ3v) is 10.1. The monoisotopic (exact) mass is 434 g/mol. The first kappa shape index (κ1) is 23.4. The lowest BCUT2D eigenvalue weighted by Gasteiger charge is -2.61. The average molecular weight is 435 g/mol. The van der Waals surface area contributed by atoms with Gasteiger partial charge in [-0.1, -0.05) is 13.8 Å². The molecule has 4 fully saturated rings. The molecule has 0 saturated heterocycles. The molecule has 9 atom stereocenters. The zero-order valence-electron chi connectivity index (χ0n) is 20.7. The molecule has 0 aromatic carbocycles. The molecule has 1 amide bonds. The van der Waals surface area contributed by atoms with Gasteiger partial charge in [0.25, 0.3) is 0 Å². The summed E-state index contributed by atoms with van der Waals surface area (Å²) in [6.07, 6.45) is 10.6. The SMILES string of the molecule is CC(NNC(=O)OC(C)(C)C)[C@H]1CCC2C3CCC4C[C@@H](O)CC[C@]4(C)C3CC[C@@]21C. The van der Waals surface area contributed by atoms with Crippen molar-refractivity contribution >= 4 is 6.09 Å². The molecule has 4 aliphatic rings. The fraction of sp³-hybridized carbons (Fsp3) is 0.962. The predicted molar refractivity (Wildman–Crippen MR) is 123 cm³/mol. The van der Waals surface area contributed by atoms with Gasteiger partial charge in [-0.15, -0.1) is 0 Å². The molecule has 4 aliphatic carbocycles. The summed E-state index contributed by atoms with van der Waals surface area (Å²) >= 11 is 0. The molecule has 0 heterocycles.